The molecule has 0 unspecified atom stereocenters. The minimum atomic E-state index is -1.58. The highest BCUT2D eigenvalue weighted by molar-refractivity contribution is 6.67. The number of nitrogens with zero attached hydrogens (tertiary/aromatic N) is 2. The van der Waals surface area contributed by atoms with Crippen LogP contribution in [0.4, 0.5) is 4.79 Å². The Hall–Kier alpha value is -0.680. The summed E-state index contributed by atoms with van der Waals surface area (Å²) in [6, 6.07) is 9.38. The molecule has 4 nitrogen and oxygen atoms in total. The normalized spacial score (nSPS) is 23.2. The first-order chi connectivity index (χ1) is 14.4. The second-order valence-corrected chi connectivity index (χ2v) is 11.1. The second kappa shape index (κ2) is 11.3. The van der Waals surface area contributed by atoms with E-state index >= 15 is 0 Å². The van der Waals surface area contributed by atoms with E-state index in [0.29, 0.717) is 12.5 Å². The highest BCUT2D eigenvalue weighted by Gasteiger charge is 2.31. The first kappa shape index (κ1) is 24.0. The summed E-state index contributed by atoms with van der Waals surface area (Å²) in [4.78, 5) is 16.7. The van der Waals surface area contributed by atoms with Gasteiger partial charge in [0.1, 0.15) is 6.61 Å². The Morgan fingerprint density at radius 1 is 1.07 bits per heavy atom. The van der Waals surface area contributed by atoms with E-state index < -0.39 is 9.89 Å². The number of hydrogen-bond donors (Lipinski definition) is 0. The summed E-state index contributed by atoms with van der Waals surface area (Å²) in [6.45, 7) is 5.84. The van der Waals surface area contributed by atoms with Gasteiger partial charge >= 0.3 is 6.09 Å². The minimum absolute atomic E-state index is 0.188. The Balaban J connectivity index is 1.48. The van der Waals surface area contributed by atoms with Gasteiger partial charge in [0.2, 0.25) is 3.79 Å². The van der Waals surface area contributed by atoms with E-state index in [0.717, 1.165) is 32.2 Å². The fourth-order valence-corrected chi connectivity index (χ4v) is 4.92. The number of ether oxygens (including phenoxy) is 1. The van der Waals surface area contributed by atoms with Crippen LogP contribution < -0.4 is 0 Å². The van der Waals surface area contributed by atoms with Crippen LogP contribution in [0.5, 0.6) is 0 Å². The van der Waals surface area contributed by atoms with Crippen molar-refractivity contribution in [3.05, 3.63) is 35.4 Å². The highest BCUT2D eigenvalue weighted by Crippen LogP contribution is 2.35. The number of benzene rings is 1. The number of carbonyl (C=O) groups excluding carboxylic acids is 1. The number of halogens is 3. The van der Waals surface area contributed by atoms with Gasteiger partial charge in [0.15, 0.2) is 0 Å². The van der Waals surface area contributed by atoms with Crippen molar-refractivity contribution in [2.24, 2.45) is 0 Å². The van der Waals surface area contributed by atoms with Crippen molar-refractivity contribution in [1.29, 1.82) is 0 Å². The zero-order valence-electron chi connectivity index (χ0n) is 17.8. The molecule has 0 atom stereocenters. The van der Waals surface area contributed by atoms with E-state index in [1.165, 1.54) is 43.5 Å². The summed E-state index contributed by atoms with van der Waals surface area (Å²) in [5, 5.41) is 0. The molecule has 1 aromatic carbocycles. The number of alkyl halides is 3. The summed E-state index contributed by atoms with van der Waals surface area (Å²) in [5.74, 6) is 0.557. The van der Waals surface area contributed by atoms with Gasteiger partial charge in [-0.3, -0.25) is 4.90 Å². The van der Waals surface area contributed by atoms with Crippen molar-refractivity contribution in [1.82, 2.24) is 9.80 Å². The smallest absolute Gasteiger partial charge is 0.410 e. The van der Waals surface area contributed by atoms with Crippen molar-refractivity contribution in [3.8, 4) is 0 Å². The fraction of sp³-hybridized carbons (Fsp3) is 0.696. The molecule has 168 valence electrons. The molecule has 30 heavy (non-hydrogen) atoms. The van der Waals surface area contributed by atoms with Crippen molar-refractivity contribution in [3.63, 3.8) is 0 Å². The number of amides is 1. The molecule has 7 heteroatoms. The highest BCUT2D eigenvalue weighted by atomic mass is 35.6. The Morgan fingerprint density at radius 3 is 2.27 bits per heavy atom. The molecule has 0 radical (unpaired) electrons. The topological polar surface area (TPSA) is 32.8 Å². The summed E-state index contributed by atoms with van der Waals surface area (Å²) < 4.78 is 3.61. The van der Waals surface area contributed by atoms with Crippen LogP contribution in [0.1, 0.15) is 68.9 Å². The maximum Gasteiger partial charge on any atom is 0.410 e. The first-order valence-electron chi connectivity index (χ1n) is 11.2. The Kier molecular flexibility index (Phi) is 9.00. The Morgan fingerprint density at radius 2 is 1.70 bits per heavy atom. The second-order valence-electron chi connectivity index (χ2n) is 8.54. The van der Waals surface area contributed by atoms with Gasteiger partial charge in [-0.25, -0.2) is 4.79 Å². The lowest BCUT2D eigenvalue weighted by Gasteiger charge is -2.36. The molecule has 1 amide bonds. The predicted molar refractivity (Wildman–Crippen MR) is 125 cm³/mol. The fourth-order valence-electron chi connectivity index (χ4n) is 4.75. The molecule has 0 bridgehead atoms. The number of hydrogen-bond acceptors (Lipinski definition) is 3. The van der Waals surface area contributed by atoms with Crippen LogP contribution in [-0.2, 0) is 11.3 Å². The molecule has 1 aromatic rings. The van der Waals surface area contributed by atoms with Gasteiger partial charge < -0.3 is 9.64 Å². The summed E-state index contributed by atoms with van der Waals surface area (Å²) in [6.07, 6.45) is 7.72. The van der Waals surface area contributed by atoms with Gasteiger partial charge in [-0.2, -0.15) is 0 Å². The summed E-state index contributed by atoms with van der Waals surface area (Å²) >= 11 is 17.1. The Bertz CT molecular complexity index is 664. The first-order valence-corrected chi connectivity index (χ1v) is 12.3. The molecule has 1 aliphatic carbocycles. The van der Waals surface area contributed by atoms with Crippen LogP contribution in [0.25, 0.3) is 0 Å². The van der Waals surface area contributed by atoms with E-state index in [-0.39, 0.29) is 12.6 Å². The molecule has 1 saturated carbocycles. The summed E-state index contributed by atoms with van der Waals surface area (Å²) in [7, 11) is 0. The average molecular weight is 476 g/mol. The van der Waals surface area contributed by atoms with Crippen LogP contribution in [-0.4, -0.2) is 52.0 Å². The van der Waals surface area contributed by atoms with E-state index in [4.69, 9.17) is 39.5 Å². The largest absolute Gasteiger partial charge is 0.445 e. The molecule has 2 fully saturated rings. The molecule has 1 aliphatic heterocycles. The lowest BCUT2D eigenvalue weighted by molar-refractivity contribution is 0.0792. The van der Waals surface area contributed by atoms with Crippen LogP contribution in [0, 0.1) is 0 Å². The zero-order valence-corrected chi connectivity index (χ0v) is 20.1. The van der Waals surface area contributed by atoms with Gasteiger partial charge in [-0.1, -0.05) is 65.5 Å². The van der Waals surface area contributed by atoms with Crippen molar-refractivity contribution < 1.29 is 9.53 Å². The van der Waals surface area contributed by atoms with E-state index in [2.05, 4.69) is 29.2 Å². The maximum absolute atomic E-state index is 12.4. The third kappa shape index (κ3) is 7.19. The standard InChI is InChI=1S/C23H33Cl3N2O2/c1-2-28(22(29)30-17-23(24,25)26)21-12-10-20(11-13-21)19-8-6-18(7-9-19)16-27-14-4-3-5-15-27/h6-9,20-21H,2-5,10-17H2,1H3. The molecule has 0 aromatic heterocycles. The molecular formula is C23H33Cl3N2O2. The van der Waals surface area contributed by atoms with Crippen LogP contribution in [0.15, 0.2) is 24.3 Å². The van der Waals surface area contributed by atoms with Crippen LogP contribution in [0.3, 0.4) is 0 Å². The molecule has 0 spiro atoms. The zero-order chi connectivity index (χ0) is 21.6. The number of piperidine rings is 1. The third-order valence-corrected chi connectivity index (χ3v) is 6.71. The van der Waals surface area contributed by atoms with E-state index in [1.807, 2.05) is 6.92 Å². The van der Waals surface area contributed by atoms with Gasteiger partial charge in [0, 0.05) is 19.1 Å². The quantitative estimate of drug-likeness (QED) is 0.439. The van der Waals surface area contributed by atoms with Crippen LogP contribution in [0.2, 0.25) is 0 Å². The molecule has 1 saturated heterocycles. The summed E-state index contributed by atoms with van der Waals surface area (Å²) in [5.41, 5.74) is 2.82. The molecule has 0 N–H and O–H groups in total. The lowest BCUT2D eigenvalue weighted by Crippen LogP contribution is -2.43. The third-order valence-electron chi connectivity index (χ3n) is 6.38. The van der Waals surface area contributed by atoms with E-state index in [9.17, 15) is 4.79 Å². The SMILES string of the molecule is CCN(C(=O)OCC(Cl)(Cl)Cl)C1CCC(c2ccc(CN3CCCCC3)cc2)CC1. The van der Waals surface area contributed by atoms with E-state index in [1.54, 1.807) is 4.90 Å². The van der Waals surface area contributed by atoms with Gasteiger partial charge in [0.05, 0.1) is 0 Å². The van der Waals surface area contributed by atoms with Crippen molar-refractivity contribution >= 4 is 40.9 Å². The minimum Gasteiger partial charge on any atom is -0.445 e. The molecular weight excluding hydrogens is 443 g/mol. The lowest BCUT2D eigenvalue weighted by atomic mass is 9.81. The van der Waals surface area contributed by atoms with Crippen LogP contribution >= 0.6 is 34.8 Å². The molecule has 3 rings (SSSR count). The van der Waals surface area contributed by atoms with Gasteiger partial charge in [-0.05, 0) is 75.6 Å². The van der Waals surface area contributed by atoms with Gasteiger partial charge in [0.25, 0.3) is 0 Å². The molecule has 2 aliphatic rings. The molecule has 1 heterocycles. The Labute approximate surface area is 195 Å². The monoisotopic (exact) mass is 474 g/mol. The maximum atomic E-state index is 12.4. The number of rotatable bonds is 6. The van der Waals surface area contributed by atoms with Crippen molar-refractivity contribution in [2.75, 3.05) is 26.2 Å². The predicted octanol–water partition coefficient (Wildman–Crippen LogP) is 6.53. The average Bonchev–Trinajstić information content (AvgIpc) is 2.74. The number of carbonyl (C=O) groups is 1. The van der Waals surface area contributed by atoms with Gasteiger partial charge in [-0.15, -0.1) is 0 Å². The van der Waals surface area contributed by atoms with Crippen molar-refractivity contribution in [2.45, 2.75) is 74.2 Å². The number of likely N-dealkylation sites (tertiary alicyclic amines) is 1.